The number of aromatic nitrogens is 1. The Morgan fingerprint density at radius 2 is 2.10 bits per heavy atom. The number of rotatable bonds is 5. The highest BCUT2D eigenvalue weighted by Gasteiger charge is 2.27. The van der Waals surface area contributed by atoms with Gasteiger partial charge in [0.05, 0.1) is 16.9 Å². The summed E-state index contributed by atoms with van der Waals surface area (Å²) in [4.78, 5) is 25.6. The molecule has 0 spiro atoms. The average molecular weight is 289 g/mol. The van der Waals surface area contributed by atoms with Crippen molar-refractivity contribution in [1.29, 1.82) is 0 Å². The van der Waals surface area contributed by atoms with Crippen molar-refractivity contribution in [1.82, 2.24) is 4.98 Å². The number of nitrogens with zero attached hydrogens (tertiary/aromatic N) is 2. The first-order valence-corrected chi connectivity index (χ1v) is 6.32. The number of pyridine rings is 1. The first-order valence-electron chi connectivity index (χ1n) is 6.32. The van der Waals surface area contributed by atoms with Crippen molar-refractivity contribution >= 4 is 28.2 Å². The number of anilines is 1. The Morgan fingerprint density at radius 3 is 2.71 bits per heavy atom. The van der Waals surface area contributed by atoms with Gasteiger partial charge in [-0.05, 0) is 19.9 Å². The van der Waals surface area contributed by atoms with Gasteiger partial charge in [-0.3, -0.25) is 14.9 Å². The summed E-state index contributed by atoms with van der Waals surface area (Å²) >= 11 is 0. The van der Waals surface area contributed by atoms with Crippen LogP contribution in [-0.4, -0.2) is 26.5 Å². The Morgan fingerprint density at radius 1 is 1.43 bits per heavy atom. The van der Waals surface area contributed by atoms with E-state index in [2.05, 4.69) is 10.3 Å². The molecule has 7 nitrogen and oxygen atoms in total. The van der Waals surface area contributed by atoms with Gasteiger partial charge in [0.15, 0.2) is 0 Å². The highest BCUT2D eigenvalue weighted by atomic mass is 16.6. The van der Waals surface area contributed by atoms with Crippen LogP contribution in [0.2, 0.25) is 0 Å². The average Bonchev–Trinajstić information content (AvgIpc) is 2.36. The van der Waals surface area contributed by atoms with Gasteiger partial charge in [0.1, 0.15) is 11.9 Å². The second-order valence-electron chi connectivity index (χ2n) is 5.37. The quantitative estimate of drug-likeness (QED) is 0.647. The van der Waals surface area contributed by atoms with Crippen LogP contribution in [-0.2, 0) is 4.79 Å². The zero-order chi connectivity index (χ0) is 15.6. The Balaban J connectivity index is 2.56. The molecule has 0 aliphatic carbocycles. The van der Waals surface area contributed by atoms with E-state index < -0.39 is 16.4 Å². The zero-order valence-corrected chi connectivity index (χ0v) is 11.7. The lowest BCUT2D eigenvalue weighted by Gasteiger charge is -2.26. The third-order valence-electron chi connectivity index (χ3n) is 3.01. The molecule has 2 N–H and O–H groups in total. The van der Waals surface area contributed by atoms with Crippen LogP contribution in [0.1, 0.15) is 20.3 Å². The largest absolute Gasteiger partial charge is 0.481 e. The fraction of sp³-hybridized carbons (Fsp3) is 0.286. The topological polar surface area (TPSA) is 105 Å². The molecule has 2 rings (SSSR count). The molecule has 0 radical (unpaired) electrons. The maximum absolute atomic E-state index is 11.2. The van der Waals surface area contributed by atoms with E-state index in [0.29, 0.717) is 10.9 Å². The molecule has 1 aromatic heterocycles. The molecular formula is C14H15N3O4. The number of carboxylic acid groups (broad SMARTS) is 1. The van der Waals surface area contributed by atoms with E-state index in [1.807, 2.05) is 0 Å². The summed E-state index contributed by atoms with van der Waals surface area (Å²) in [6, 6.07) is 7.00. The highest BCUT2D eigenvalue weighted by molar-refractivity contribution is 5.96. The number of fused-ring (bicyclic) bond motifs is 1. The summed E-state index contributed by atoms with van der Waals surface area (Å²) in [5, 5.41) is 23.7. The molecule has 0 aliphatic rings. The van der Waals surface area contributed by atoms with Crippen LogP contribution < -0.4 is 5.32 Å². The van der Waals surface area contributed by atoms with Crippen molar-refractivity contribution in [2.24, 2.45) is 0 Å². The molecular weight excluding hydrogens is 274 g/mol. The third kappa shape index (κ3) is 3.25. The Bertz CT molecular complexity index is 712. The van der Waals surface area contributed by atoms with Crippen LogP contribution in [0.3, 0.4) is 0 Å². The summed E-state index contributed by atoms with van der Waals surface area (Å²) in [7, 11) is 0. The summed E-state index contributed by atoms with van der Waals surface area (Å²) in [5.41, 5.74) is -0.110. The molecule has 7 heteroatoms. The summed E-state index contributed by atoms with van der Waals surface area (Å²) in [6.07, 6.45) is 1.02. The van der Waals surface area contributed by atoms with Crippen LogP contribution >= 0.6 is 0 Å². The molecule has 1 heterocycles. The number of aliphatic carboxylic acids is 1. The first-order chi connectivity index (χ1) is 9.80. The van der Waals surface area contributed by atoms with E-state index >= 15 is 0 Å². The number of hydrogen-bond acceptors (Lipinski definition) is 5. The van der Waals surface area contributed by atoms with Gasteiger partial charge in [-0.2, -0.15) is 0 Å². The Labute approximate surface area is 120 Å². The predicted octanol–water partition coefficient (Wildman–Crippen LogP) is 2.81. The highest BCUT2D eigenvalue weighted by Crippen LogP contribution is 2.34. The Hall–Kier alpha value is -2.70. The lowest BCUT2D eigenvalue weighted by atomic mass is 9.99. The number of carboxylic acids is 1. The van der Waals surface area contributed by atoms with E-state index in [1.54, 1.807) is 38.1 Å². The summed E-state index contributed by atoms with van der Waals surface area (Å²) < 4.78 is 0. The molecule has 0 saturated heterocycles. The van der Waals surface area contributed by atoms with Crippen LogP contribution in [0, 0.1) is 10.1 Å². The molecule has 0 unspecified atom stereocenters. The van der Waals surface area contributed by atoms with Crippen LogP contribution in [0.4, 0.5) is 11.4 Å². The van der Waals surface area contributed by atoms with Gasteiger partial charge in [0.25, 0.3) is 0 Å². The summed E-state index contributed by atoms with van der Waals surface area (Å²) in [5.74, 6) is -0.978. The number of nitrogens with one attached hydrogen (secondary N) is 1. The van der Waals surface area contributed by atoms with Crippen molar-refractivity contribution in [3.63, 3.8) is 0 Å². The molecule has 0 aliphatic heterocycles. The molecule has 110 valence electrons. The number of carbonyl (C=O) groups is 1. The molecule has 21 heavy (non-hydrogen) atoms. The minimum atomic E-state index is -0.978. The van der Waals surface area contributed by atoms with Crippen LogP contribution in [0.5, 0.6) is 0 Å². The standard InChI is InChI=1S/C14H15N3O4/c1-14(2,7-12(18)19)16-13-9-5-3-4-6-10(9)15-8-11(13)17(20)21/h3-6,8H,7H2,1-2H3,(H,15,16)(H,18,19). The minimum absolute atomic E-state index is 0.166. The number of hydrogen-bond donors (Lipinski definition) is 2. The third-order valence-corrected chi connectivity index (χ3v) is 3.01. The van der Waals surface area contributed by atoms with E-state index in [0.717, 1.165) is 0 Å². The smallest absolute Gasteiger partial charge is 0.311 e. The monoisotopic (exact) mass is 289 g/mol. The number of para-hydroxylation sites is 1. The lowest BCUT2D eigenvalue weighted by Crippen LogP contribution is -2.34. The van der Waals surface area contributed by atoms with E-state index in [-0.39, 0.29) is 17.8 Å². The first kappa shape index (κ1) is 14.7. The zero-order valence-electron chi connectivity index (χ0n) is 11.7. The van der Waals surface area contributed by atoms with Crippen LogP contribution in [0.25, 0.3) is 10.9 Å². The lowest BCUT2D eigenvalue weighted by molar-refractivity contribution is -0.384. The SMILES string of the molecule is CC(C)(CC(=O)O)Nc1c([N+](=O)[O-])cnc2ccccc12. The minimum Gasteiger partial charge on any atom is -0.481 e. The second kappa shape index (κ2) is 5.35. The van der Waals surface area contributed by atoms with Gasteiger partial charge >= 0.3 is 11.7 Å². The van der Waals surface area contributed by atoms with Gasteiger partial charge in [-0.25, -0.2) is 4.98 Å². The van der Waals surface area contributed by atoms with Crippen molar-refractivity contribution in [3.05, 3.63) is 40.6 Å². The molecule has 0 fully saturated rings. The van der Waals surface area contributed by atoms with Crippen molar-refractivity contribution < 1.29 is 14.8 Å². The van der Waals surface area contributed by atoms with Crippen molar-refractivity contribution in [2.45, 2.75) is 25.8 Å². The molecule has 0 bridgehead atoms. The fourth-order valence-electron chi connectivity index (χ4n) is 2.16. The van der Waals surface area contributed by atoms with Gasteiger partial charge < -0.3 is 10.4 Å². The van der Waals surface area contributed by atoms with E-state index in [9.17, 15) is 14.9 Å². The molecule has 1 aromatic carbocycles. The second-order valence-corrected chi connectivity index (χ2v) is 5.37. The van der Waals surface area contributed by atoms with E-state index in [4.69, 9.17) is 5.11 Å². The fourth-order valence-corrected chi connectivity index (χ4v) is 2.16. The van der Waals surface area contributed by atoms with Gasteiger partial charge in [-0.15, -0.1) is 0 Å². The normalized spacial score (nSPS) is 11.3. The van der Waals surface area contributed by atoms with Gasteiger partial charge in [-0.1, -0.05) is 18.2 Å². The molecule has 0 saturated carbocycles. The molecule has 0 amide bonds. The van der Waals surface area contributed by atoms with Gasteiger partial charge in [0.2, 0.25) is 0 Å². The molecule has 2 aromatic rings. The van der Waals surface area contributed by atoms with Crippen LogP contribution in [0.15, 0.2) is 30.5 Å². The maximum atomic E-state index is 11.2. The van der Waals surface area contributed by atoms with Crippen molar-refractivity contribution in [3.8, 4) is 0 Å². The predicted molar refractivity (Wildman–Crippen MR) is 78.4 cm³/mol. The van der Waals surface area contributed by atoms with Crippen molar-refractivity contribution in [2.75, 3.05) is 5.32 Å². The summed E-state index contributed by atoms with van der Waals surface area (Å²) in [6.45, 7) is 3.36. The maximum Gasteiger partial charge on any atom is 0.311 e. The van der Waals surface area contributed by atoms with Gasteiger partial charge in [0, 0.05) is 10.9 Å². The Kier molecular flexibility index (Phi) is 3.75. The van der Waals surface area contributed by atoms with E-state index in [1.165, 1.54) is 6.20 Å². The molecule has 0 atom stereocenters. The number of nitro groups is 1. The number of benzene rings is 1.